The van der Waals surface area contributed by atoms with E-state index in [1.54, 1.807) is 24.3 Å². The van der Waals surface area contributed by atoms with Crippen LogP contribution in [0.15, 0.2) is 65.4 Å². The molecule has 0 bridgehead atoms. The molecule has 1 aliphatic heterocycles. The molecular formula is C20H13N3O6. The molecule has 29 heavy (non-hydrogen) atoms. The summed E-state index contributed by atoms with van der Waals surface area (Å²) in [5.74, 6) is -1.95. The van der Waals surface area contributed by atoms with Crippen LogP contribution in [0, 0.1) is 0 Å². The van der Waals surface area contributed by atoms with Gasteiger partial charge in [0, 0.05) is 6.07 Å². The first-order chi connectivity index (χ1) is 14.0. The normalized spacial score (nSPS) is 12.6. The van der Waals surface area contributed by atoms with E-state index in [1.165, 1.54) is 36.6 Å². The maximum Gasteiger partial charge on any atom is 0.338 e. The summed E-state index contributed by atoms with van der Waals surface area (Å²) in [6.07, 6.45) is 1.29. The van der Waals surface area contributed by atoms with Gasteiger partial charge in [0.2, 0.25) is 0 Å². The number of nitrogens with one attached hydrogen (secondary N) is 1. The van der Waals surface area contributed by atoms with Gasteiger partial charge in [-0.2, -0.15) is 0 Å². The number of hydrogen-bond donors (Lipinski definition) is 1. The fourth-order valence-corrected chi connectivity index (χ4v) is 2.84. The van der Waals surface area contributed by atoms with Gasteiger partial charge in [-0.25, -0.2) is 9.69 Å². The van der Waals surface area contributed by atoms with Gasteiger partial charge in [0.15, 0.2) is 12.4 Å². The van der Waals surface area contributed by atoms with E-state index in [0.717, 1.165) is 4.90 Å². The predicted molar refractivity (Wildman–Crippen MR) is 99.4 cm³/mol. The largest absolute Gasteiger partial charge is 0.452 e. The Labute approximate surface area is 163 Å². The summed E-state index contributed by atoms with van der Waals surface area (Å²) in [7, 11) is 0. The lowest BCUT2D eigenvalue weighted by Gasteiger charge is -2.14. The number of rotatable bonds is 5. The van der Waals surface area contributed by atoms with Crippen LogP contribution in [0.2, 0.25) is 0 Å². The number of fused-ring (bicyclic) bond motifs is 1. The highest BCUT2D eigenvalue weighted by Crippen LogP contribution is 2.28. The molecule has 0 radical (unpaired) electrons. The van der Waals surface area contributed by atoms with Crippen LogP contribution in [-0.2, 0) is 9.53 Å². The highest BCUT2D eigenvalue weighted by molar-refractivity contribution is 6.34. The van der Waals surface area contributed by atoms with Gasteiger partial charge in [-0.3, -0.25) is 14.4 Å². The third kappa shape index (κ3) is 3.48. The van der Waals surface area contributed by atoms with Gasteiger partial charge >= 0.3 is 5.97 Å². The molecule has 2 aromatic carbocycles. The quantitative estimate of drug-likeness (QED) is 0.523. The number of imide groups is 1. The molecule has 0 saturated carbocycles. The number of carbonyl (C=O) groups excluding carboxylic acids is 4. The SMILES string of the molecule is O=C(COC(=O)c1ccc(N2C(=O)c3ccccc3C2=O)cc1)Nc1ccon1. The van der Waals surface area contributed by atoms with E-state index in [-0.39, 0.29) is 11.4 Å². The van der Waals surface area contributed by atoms with Crippen molar-refractivity contribution in [3.05, 3.63) is 77.6 Å². The van der Waals surface area contributed by atoms with E-state index in [4.69, 9.17) is 4.74 Å². The molecule has 1 aliphatic rings. The number of esters is 1. The smallest absolute Gasteiger partial charge is 0.338 e. The first-order valence-corrected chi connectivity index (χ1v) is 8.50. The van der Waals surface area contributed by atoms with Crippen LogP contribution in [0.25, 0.3) is 0 Å². The minimum atomic E-state index is -0.728. The van der Waals surface area contributed by atoms with E-state index >= 15 is 0 Å². The molecule has 1 aromatic heterocycles. The molecule has 3 aromatic rings. The van der Waals surface area contributed by atoms with Gasteiger partial charge in [-0.15, -0.1) is 0 Å². The van der Waals surface area contributed by atoms with Crippen LogP contribution >= 0.6 is 0 Å². The van der Waals surface area contributed by atoms with Crippen molar-refractivity contribution in [2.24, 2.45) is 0 Å². The van der Waals surface area contributed by atoms with Crippen LogP contribution in [0.4, 0.5) is 11.5 Å². The molecule has 0 saturated heterocycles. The Morgan fingerprint density at radius 1 is 0.966 bits per heavy atom. The Bertz CT molecular complexity index is 1070. The topological polar surface area (TPSA) is 119 Å². The Balaban J connectivity index is 1.40. The summed E-state index contributed by atoms with van der Waals surface area (Å²) < 4.78 is 9.52. The fourth-order valence-electron chi connectivity index (χ4n) is 2.84. The Kier molecular flexibility index (Phi) is 4.62. The summed E-state index contributed by atoms with van der Waals surface area (Å²) >= 11 is 0. The summed E-state index contributed by atoms with van der Waals surface area (Å²) in [5.41, 5.74) is 1.16. The summed E-state index contributed by atoms with van der Waals surface area (Å²) in [6.45, 7) is -0.508. The number of benzene rings is 2. The Hall–Kier alpha value is -4.27. The number of nitrogens with zero attached hydrogens (tertiary/aromatic N) is 2. The van der Waals surface area contributed by atoms with E-state index in [2.05, 4.69) is 15.0 Å². The van der Waals surface area contributed by atoms with Crippen molar-refractivity contribution in [2.45, 2.75) is 0 Å². The van der Waals surface area contributed by atoms with Gasteiger partial charge in [-0.1, -0.05) is 17.3 Å². The number of ether oxygens (including phenoxy) is 1. The fraction of sp³-hybridized carbons (Fsp3) is 0.0500. The highest BCUT2D eigenvalue weighted by atomic mass is 16.5. The molecule has 0 fully saturated rings. The standard InChI is InChI=1S/C20H13N3O6/c24-17(21-16-9-10-29-22-16)11-28-20(27)12-5-7-13(8-6-12)23-18(25)14-3-1-2-4-15(14)19(23)26/h1-10H,11H2,(H,21,22,24). The molecule has 0 atom stereocenters. The van der Waals surface area contributed by atoms with Gasteiger partial charge in [0.1, 0.15) is 6.26 Å². The van der Waals surface area contributed by atoms with Crippen molar-refractivity contribution < 1.29 is 28.4 Å². The van der Waals surface area contributed by atoms with Crippen molar-refractivity contribution in [2.75, 3.05) is 16.8 Å². The maximum atomic E-state index is 12.5. The summed E-state index contributed by atoms with van der Waals surface area (Å²) in [5, 5.41) is 5.90. The number of carbonyl (C=O) groups is 4. The first-order valence-electron chi connectivity index (χ1n) is 8.50. The molecule has 3 amide bonds. The second-order valence-electron chi connectivity index (χ2n) is 6.05. The van der Waals surface area contributed by atoms with Crippen LogP contribution in [0.3, 0.4) is 0 Å². The molecule has 4 rings (SSSR count). The number of hydrogen-bond acceptors (Lipinski definition) is 7. The summed E-state index contributed by atoms with van der Waals surface area (Å²) in [6, 6.07) is 13.8. The van der Waals surface area contributed by atoms with Crippen molar-refractivity contribution in [1.29, 1.82) is 0 Å². The van der Waals surface area contributed by atoms with Crippen molar-refractivity contribution in [3.8, 4) is 0 Å². The van der Waals surface area contributed by atoms with E-state index in [1.807, 2.05) is 0 Å². The van der Waals surface area contributed by atoms with Crippen LogP contribution in [-0.4, -0.2) is 35.5 Å². The molecule has 2 heterocycles. The monoisotopic (exact) mass is 391 g/mol. The first kappa shape index (κ1) is 18.1. The molecule has 0 aliphatic carbocycles. The average molecular weight is 391 g/mol. The van der Waals surface area contributed by atoms with Crippen molar-refractivity contribution >= 4 is 35.2 Å². The lowest BCUT2D eigenvalue weighted by atomic mass is 10.1. The number of aromatic nitrogens is 1. The lowest BCUT2D eigenvalue weighted by Crippen LogP contribution is -2.29. The number of anilines is 2. The van der Waals surface area contributed by atoms with Crippen LogP contribution in [0.5, 0.6) is 0 Å². The Morgan fingerprint density at radius 2 is 1.62 bits per heavy atom. The second-order valence-corrected chi connectivity index (χ2v) is 6.05. The molecule has 9 heteroatoms. The van der Waals surface area contributed by atoms with Crippen LogP contribution < -0.4 is 10.2 Å². The molecule has 1 N–H and O–H groups in total. The third-order valence-electron chi connectivity index (χ3n) is 4.19. The molecule has 144 valence electrons. The zero-order valence-electron chi connectivity index (χ0n) is 14.8. The summed E-state index contributed by atoms with van der Waals surface area (Å²) in [4.78, 5) is 49.8. The zero-order chi connectivity index (χ0) is 20.4. The molecule has 0 unspecified atom stereocenters. The van der Waals surface area contributed by atoms with Gasteiger partial charge in [0.05, 0.1) is 22.4 Å². The minimum absolute atomic E-state index is 0.166. The number of amides is 3. The zero-order valence-corrected chi connectivity index (χ0v) is 14.8. The minimum Gasteiger partial charge on any atom is -0.452 e. The van der Waals surface area contributed by atoms with Crippen molar-refractivity contribution in [1.82, 2.24) is 5.16 Å². The third-order valence-corrected chi connectivity index (χ3v) is 4.19. The van der Waals surface area contributed by atoms with E-state index in [0.29, 0.717) is 16.8 Å². The lowest BCUT2D eigenvalue weighted by molar-refractivity contribution is -0.119. The van der Waals surface area contributed by atoms with Gasteiger partial charge < -0.3 is 14.6 Å². The molecule has 9 nitrogen and oxygen atoms in total. The maximum absolute atomic E-state index is 12.5. The average Bonchev–Trinajstić information content (AvgIpc) is 3.33. The van der Waals surface area contributed by atoms with Crippen LogP contribution in [0.1, 0.15) is 31.1 Å². The second kappa shape index (κ2) is 7.39. The van der Waals surface area contributed by atoms with Gasteiger partial charge in [0.25, 0.3) is 17.7 Å². The van der Waals surface area contributed by atoms with E-state index in [9.17, 15) is 19.2 Å². The molecular weight excluding hydrogens is 378 g/mol. The van der Waals surface area contributed by atoms with Gasteiger partial charge in [-0.05, 0) is 36.4 Å². The van der Waals surface area contributed by atoms with E-state index < -0.39 is 30.3 Å². The Morgan fingerprint density at radius 3 is 2.21 bits per heavy atom. The predicted octanol–water partition coefficient (Wildman–Crippen LogP) is 2.27. The van der Waals surface area contributed by atoms with Crippen molar-refractivity contribution in [3.63, 3.8) is 0 Å². The highest BCUT2D eigenvalue weighted by Gasteiger charge is 2.36. The molecule has 0 spiro atoms.